The zero-order chi connectivity index (χ0) is 22.8. The van der Waals surface area contributed by atoms with Gasteiger partial charge in [-0.25, -0.2) is 4.79 Å². The summed E-state index contributed by atoms with van der Waals surface area (Å²) in [6.45, 7) is 16.1. The summed E-state index contributed by atoms with van der Waals surface area (Å²) in [6.07, 6.45) is 13.1. The van der Waals surface area contributed by atoms with Gasteiger partial charge in [0.25, 0.3) is 0 Å². The Morgan fingerprint density at radius 1 is 1.03 bits per heavy atom. The molecule has 0 aromatic heterocycles. The summed E-state index contributed by atoms with van der Waals surface area (Å²) >= 11 is 0. The monoisotopic (exact) mass is 420 g/mol. The minimum Gasteiger partial charge on any atom is -0.463 e. The van der Waals surface area contributed by atoms with E-state index in [9.17, 15) is 4.79 Å². The Hall–Kier alpha value is -2.09. The predicted molar refractivity (Wildman–Crippen MR) is 131 cm³/mol. The van der Waals surface area contributed by atoms with Crippen LogP contribution in [0.4, 0.5) is 0 Å². The maximum Gasteiger partial charge on any atom is 0.330 e. The van der Waals surface area contributed by atoms with Crippen LogP contribution in [0.1, 0.15) is 102 Å². The van der Waals surface area contributed by atoms with Crippen LogP contribution >= 0.6 is 0 Å². The van der Waals surface area contributed by atoms with Gasteiger partial charge in [-0.1, -0.05) is 52.0 Å². The lowest BCUT2D eigenvalue weighted by atomic mass is 9.62. The molecule has 168 valence electrons. The zero-order valence-electron chi connectivity index (χ0n) is 20.7. The molecular weight excluding hydrogens is 380 g/mol. The fraction of sp³-hybridized carbons (Fsp3) is 0.552. The first-order valence-corrected chi connectivity index (χ1v) is 12.0. The number of esters is 1. The highest BCUT2D eigenvalue weighted by Crippen LogP contribution is 2.48. The van der Waals surface area contributed by atoms with Crippen LogP contribution in [0.5, 0.6) is 0 Å². The van der Waals surface area contributed by atoms with E-state index in [1.807, 2.05) is 13.8 Å². The van der Waals surface area contributed by atoms with Crippen LogP contribution in [0.15, 0.2) is 41.5 Å². The Balaban J connectivity index is 2.04. The Labute approximate surface area is 189 Å². The molecule has 0 N–H and O–H groups in total. The summed E-state index contributed by atoms with van der Waals surface area (Å²) in [7, 11) is 0. The van der Waals surface area contributed by atoms with Crippen molar-refractivity contribution in [3.8, 4) is 0 Å². The summed E-state index contributed by atoms with van der Waals surface area (Å²) in [5.41, 5.74) is 10.2. The maximum absolute atomic E-state index is 11.7. The van der Waals surface area contributed by atoms with E-state index in [0.717, 1.165) is 18.4 Å². The molecule has 2 heteroatoms. The molecule has 2 nitrogen and oxygen atoms in total. The van der Waals surface area contributed by atoms with Crippen LogP contribution in [0.25, 0.3) is 5.57 Å². The molecule has 0 bridgehead atoms. The summed E-state index contributed by atoms with van der Waals surface area (Å²) in [4.78, 5) is 11.7. The number of allylic oxidation sites excluding steroid dienone is 5. The van der Waals surface area contributed by atoms with Gasteiger partial charge in [0.15, 0.2) is 0 Å². The van der Waals surface area contributed by atoms with Crippen molar-refractivity contribution in [3.05, 3.63) is 63.8 Å². The lowest BCUT2D eigenvalue weighted by molar-refractivity contribution is -0.137. The van der Waals surface area contributed by atoms with E-state index >= 15 is 0 Å². The van der Waals surface area contributed by atoms with E-state index < -0.39 is 0 Å². The van der Waals surface area contributed by atoms with E-state index in [0.29, 0.717) is 6.61 Å². The average Bonchev–Trinajstić information content (AvgIpc) is 2.70. The fourth-order valence-corrected chi connectivity index (χ4v) is 5.12. The van der Waals surface area contributed by atoms with Crippen molar-refractivity contribution in [2.24, 2.45) is 0 Å². The van der Waals surface area contributed by atoms with Gasteiger partial charge in [0.05, 0.1) is 6.61 Å². The highest BCUT2D eigenvalue weighted by atomic mass is 16.5. The minimum absolute atomic E-state index is 0.220. The van der Waals surface area contributed by atoms with Crippen LogP contribution < -0.4 is 0 Å². The van der Waals surface area contributed by atoms with E-state index in [2.05, 4.69) is 58.9 Å². The molecule has 31 heavy (non-hydrogen) atoms. The van der Waals surface area contributed by atoms with Crippen molar-refractivity contribution in [1.82, 2.24) is 0 Å². The van der Waals surface area contributed by atoms with Crippen LogP contribution in [-0.2, 0) is 20.4 Å². The average molecular weight is 421 g/mol. The molecule has 0 spiro atoms. The maximum atomic E-state index is 11.7. The molecule has 0 radical (unpaired) electrons. The summed E-state index contributed by atoms with van der Waals surface area (Å²) < 4.78 is 5.04. The topological polar surface area (TPSA) is 26.3 Å². The standard InChI is InChI=1S/C29H40O2/c1-8-31-27(30)17-20(2)13-14-22-11-9-10-12-23(22)24-19-26-25(18-21(24)3)28(4,5)15-16-29(26,6)7/h13-14,17-19H,8-12,15-16H2,1-7H3/b14-13?,20-17+. The Kier molecular flexibility index (Phi) is 6.98. The molecule has 0 aliphatic heterocycles. The Morgan fingerprint density at radius 3 is 2.29 bits per heavy atom. The number of hydrogen-bond donors (Lipinski definition) is 0. The number of hydrogen-bond acceptors (Lipinski definition) is 2. The second-order valence-corrected chi connectivity index (χ2v) is 10.7. The molecule has 2 aliphatic rings. The summed E-state index contributed by atoms with van der Waals surface area (Å²) in [5.74, 6) is -0.266. The predicted octanol–water partition coefficient (Wildman–Crippen LogP) is 7.74. The number of aryl methyl sites for hydroxylation is 1. The molecule has 0 amide bonds. The second kappa shape index (κ2) is 9.18. The van der Waals surface area contributed by atoms with Gasteiger partial charge in [0, 0.05) is 6.08 Å². The number of rotatable bonds is 5. The van der Waals surface area contributed by atoms with Crippen molar-refractivity contribution in [2.45, 2.75) is 97.8 Å². The lowest BCUT2D eigenvalue weighted by Crippen LogP contribution is -2.34. The largest absolute Gasteiger partial charge is 0.463 e. The van der Waals surface area contributed by atoms with Crippen LogP contribution in [0.2, 0.25) is 0 Å². The second-order valence-electron chi connectivity index (χ2n) is 10.7. The SMILES string of the molecule is CCOC(=O)/C=C(\C)C=CC1=C(c2cc3c(cc2C)C(C)(C)CCC3(C)C)CCCC1. The molecule has 0 unspecified atom stereocenters. The van der Waals surface area contributed by atoms with Crippen LogP contribution in [0.3, 0.4) is 0 Å². The van der Waals surface area contributed by atoms with Crippen molar-refractivity contribution < 1.29 is 9.53 Å². The number of ether oxygens (including phenoxy) is 1. The molecule has 3 rings (SSSR count). The smallest absolute Gasteiger partial charge is 0.330 e. The Morgan fingerprint density at radius 2 is 1.65 bits per heavy atom. The van der Waals surface area contributed by atoms with Gasteiger partial charge in [-0.3, -0.25) is 0 Å². The van der Waals surface area contributed by atoms with Gasteiger partial charge >= 0.3 is 5.97 Å². The third-order valence-electron chi connectivity index (χ3n) is 7.21. The molecule has 0 fully saturated rings. The summed E-state index contributed by atoms with van der Waals surface area (Å²) in [5, 5.41) is 0. The number of carbonyl (C=O) groups is 1. The first-order chi connectivity index (χ1) is 14.5. The first-order valence-electron chi connectivity index (χ1n) is 12.0. The molecule has 0 atom stereocenters. The molecule has 2 aliphatic carbocycles. The van der Waals surface area contributed by atoms with Crippen LogP contribution in [-0.4, -0.2) is 12.6 Å². The van der Waals surface area contributed by atoms with E-state index in [4.69, 9.17) is 4.74 Å². The van der Waals surface area contributed by atoms with Crippen LogP contribution in [0, 0.1) is 6.92 Å². The lowest BCUT2D eigenvalue weighted by Gasteiger charge is -2.42. The zero-order valence-corrected chi connectivity index (χ0v) is 20.7. The molecule has 0 heterocycles. The quantitative estimate of drug-likeness (QED) is 0.277. The molecule has 0 saturated carbocycles. The van der Waals surface area contributed by atoms with Gasteiger partial charge < -0.3 is 4.74 Å². The molecule has 1 aromatic carbocycles. The Bertz CT molecular complexity index is 938. The fourth-order valence-electron chi connectivity index (χ4n) is 5.12. The number of benzene rings is 1. The van der Waals surface area contributed by atoms with Crippen molar-refractivity contribution in [2.75, 3.05) is 6.61 Å². The van der Waals surface area contributed by atoms with Crippen molar-refractivity contribution in [3.63, 3.8) is 0 Å². The van der Waals surface area contributed by atoms with Crippen molar-refractivity contribution in [1.29, 1.82) is 0 Å². The van der Waals surface area contributed by atoms with Crippen molar-refractivity contribution >= 4 is 11.5 Å². The van der Waals surface area contributed by atoms with E-state index in [1.165, 1.54) is 59.1 Å². The van der Waals surface area contributed by atoms with Gasteiger partial charge in [-0.15, -0.1) is 0 Å². The molecule has 0 saturated heterocycles. The number of carbonyl (C=O) groups excluding carboxylic acids is 1. The third kappa shape index (κ3) is 5.22. The summed E-state index contributed by atoms with van der Waals surface area (Å²) in [6, 6.07) is 4.99. The minimum atomic E-state index is -0.266. The highest BCUT2D eigenvalue weighted by molar-refractivity contribution is 5.83. The van der Waals surface area contributed by atoms with Gasteiger partial charge in [0.2, 0.25) is 0 Å². The molecular formula is C29H40O2. The van der Waals surface area contributed by atoms with Gasteiger partial charge in [-0.05, 0) is 109 Å². The number of fused-ring (bicyclic) bond motifs is 1. The highest BCUT2D eigenvalue weighted by Gasteiger charge is 2.37. The van der Waals surface area contributed by atoms with Gasteiger partial charge in [0.1, 0.15) is 0 Å². The van der Waals surface area contributed by atoms with E-state index in [-0.39, 0.29) is 16.8 Å². The van der Waals surface area contributed by atoms with E-state index in [1.54, 1.807) is 6.08 Å². The van der Waals surface area contributed by atoms with Gasteiger partial charge in [-0.2, -0.15) is 0 Å². The normalized spacial score (nSPS) is 20.7. The molecule has 1 aromatic rings. The third-order valence-corrected chi connectivity index (χ3v) is 7.21. The first kappa shape index (κ1) is 23.6.